The van der Waals surface area contributed by atoms with Crippen molar-refractivity contribution in [1.29, 1.82) is 0 Å². The fraction of sp³-hybridized carbons (Fsp3) is 0.200. The lowest BCUT2D eigenvalue weighted by atomic mass is 10.3. The number of H-pyrrole nitrogens is 1. The third-order valence-corrected chi connectivity index (χ3v) is 2.62. The lowest BCUT2D eigenvalue weighted by Crippen LogP contribution is -2.09. The van der Waals surface area contributed by atoms with Gasteiger partial charge in [-0.25, -0.2) is 4.79 Å². The molecule has 0 saturated heterocycles. The molecule has 0 spiro atoms. The van der Waals surface area contributed by atoms with Crippen LogP contribution < -0.4 is 4.74 Å². The summed E-state index contributed by atoms with van der Waals surface area (Å²) in [4.78, 5) is 13.4. The Morgan fingerprint density at radius 2 is 2.38 bits per heavy atom. The molecule has 0 aliphatic carbocycles. The van der Waals surface area contributed by atoms with Crippen LogP contribution >= 0.6 is 12.2 Å². The molecule has 1 aromatic heterocycles. The standard InChI is InChI=1S/C10H10N2O3S/c1-12-8-4-6(15-5-9(13)14)2-3-7(8)11-10(12)16/h2-4H,5H2,1H3,(H,11,16)(H,13,14). The molecule has 2 aromatic rings. The summed E-state index contributed by atoms with van der Waals surface area (Å²) < 4.78 is 7.50. The minimum atomic E-state index is -0.998. The highest BCUT2D eigenvalue weighted by Gasteiger charge is 2.04. The van der Waals surface area contributed by atoms with Crippen LogP contribution in [0.25, 0.3) is 11.0 Å². The summed E-state index contributed by atoms with van der Waals surface area (Å²) in [5, 5.41) is 8.49. The summed E-state index contributed by atoms with van der Waals surface area (Å²) in [5.74, 6) is -0.484. The van der Waals surface area contributed by atoms with E-state index in [1.807, 2.05) is 13.1 Å². The first-order valence-electron chi connectivity index (χ1n) is 4.61. The fourth-order valence-electron chi connectivity index (χ4n) is 1.44. The Morgan fingerprint density at radius 1 is 1.62 bits per heavy atom. The van der Waals surface area contributed by atoms with Gasteiger partial charge in [0.15, 0.2) is 11.4 Å². The zero-order chi connectivity index (χ0) is 11.7. The van der Waals surface area contributed by atoms with Gasteiger partial charge in [0.2, 0.25) is 0 Å². The number of benzene rings is 1. The molecule has 2 rings (SSSR count). The number of rotatable bonds is 3. The van der Waals surface area contributed by atoms with Crippen molar-refractivity contribution < 1.29 is 14.6 Å². The largest absolute Gasteiger partial charge is 0.482 e. The van der Waals surface area contributed by atoms with E-state index in [9.17, 15) is 4.79 Å². The Labute approximate surface area is 96.3 Å². The maximum atomic E-state index is 10.4. The molecule has 0 amide bonds. The number of aromatic nitrogens is 2. The molecule has 0 aliphatic rings. The molecule has 0 bridgehead atoms. The Bertz CT molecular complexity index is 600. The number of nitrogens with one attached hydrogen (secondary N) is 1. The van der Waals surface area contributed by atoms with Crippen LogP contribution in [0.15, 0.2) is 18.2 Å². The van der Waals surface area contributed by atoms with E-state index >= 15 is 0 Å². The van der Waals surface area contributed by atoms with Crippen LogP contribution in [0.4, 0.5) is 0 Å². The number of aromatic amines is 1. The number of aliphatic carboxylic acids is 1. The molecule has 0 saturated carbocycles. The Balaban J connectivity index is 2.39. The van der Waals surface area contributed by atoms with Gasteiger partial charge in [-0.3, -0.25) is 0 Å². The number of carboxylic acid groups (broad SMARTS) is 1. The van der Waals surface area contributed by atoms with Crippen molar-refractivity contribution >= 4 is 29.2 Å². The van der Waals surface area contributed by atoms with Gasteiger partial charge < -0.3 is 19.4 Å². The van der Waals surface area contributed by atoms with E-state index in [1.165, 1.54) is 0 Å². The van der Waals surface area contributed by atoms with E-state index in [4.69, 9.17) is 22.1 Å². The highest BCUT2D eigenvalue weighted by molar-refractivity contribution is 7.71. The first-order chi connectivity index (χ1) is 7.58. The van der Waals surface area contributed by atoms with E-state index in [0.29, 0.717) is 10.5 Å². The van der Waals surface area contributed by atoms with Crippen molar-refractivity contribution in [2.24, 2.45) is 7.05 Å². The third-order valence-electron chi connectivity index (χ3n) is 2.24. The monoisotopic (exact) mass is 238 g/mol. The van der Waals surface area contributed by atoms with Crippen molar-refractivity contribution in [3.8, 4) is 5.75 Å². The normalized spacial score (nSPS) is 10.6. The van der Waals surface area contributed by atoms with Crippen molar-refractivity contribution in [2.45, 2.75) is 0 Å². The lowest BCUT2D eigenvalue weighted by molar-refractivity contribution is -0.139. The molecular formula is C10H10N2O3S. The van der Waals surface area contributed by atoms with E-state index in [0.717, 1.165) is 11.0 Å². The molecule has 0 radical (unpaired) electrons. The van der Waals surface area contributed by atoms with Gasteiger partial charge in [0.25, 0.3) is 0 Å². The molecular weight excluding hydrogens is 228 g/mol. The van der Waals surface area contributed by atoms with Crippen molar-refractivity contribution in [1.82, 2.24) is 9.55 Å². The zero-order valence-electron chi connectivity index (χ0n) is 8.56. The van der Waals surface area contributed by atoms with E-state index < -0.39 is 5.97 Å². The van der Waals surface area contributed by atoms with E-state index in [1.54, 1.807) is 16.7 Å². The number of hydrogen-bond donors (Lipinski definition) is 2. The highest BCUT2D eigenvalue weighted by Crippen LogP contribution is 2.19. The molecule has 0 fully saturated rings. The molecule has 0 atom stereocenters. The molecule has 0 unspecified atom stereocenters. The fourth-order valence-corrected chi connectivity index (χ4v) is 1.65. The van der Waals surface area contributed by atoms with Crippen LogP contribution in [0.1, 0.15) is 0 Å². The number of imidazole rings is 1. The summed E-state index contributed by atoms with van der Waals surface area (Å²) in [5.41, 5.74) is 1.78. The van der Waals surface area contributed by atoms with Gasteiger partial charge in [0.05, 0.1) is 11.0 Å². The molecule has 6 heteroatoms. The van der Waals surface area contributed by atoms with Gasteiger partial charge in [-0.2, -0.15) is 0 Å². The number of ether oxygens (including phenoxy) is 1. The quantitative estimate of drug-likeness (QED) is 0.799. The predicted molar refractivity (Wildman–Crippen MR) is 61.2 cm³/mol. The minimum absolute atomic E-state index is 0.347. The third kappa shape index (κ3) is 1.92. The Kier molecular flexibility index (Phi) is 2.66. The SMILES string of the molecule is Cn1c(=S)[nH]c2ccc(OCC(=O)O)cc21. The van der Waals surface area contributed by atoms with Crippen molar-refractivity contribution in [3.63, 3.8) is 0 Å². The first-order valence-corrected chi connectivity index (χ1v) is 5.02. The van der Waals surface area contributed by atoms with Crippen LogP contribution in [0.2, 0.25) is 0 Å². The smallest absolute Gasteiger partial charge is 0.341 e. The van der Waals surface area contributed by atoms with Crippen molar-refractivity contribution in [3.05, 3.63) is 23.0 Å². The van der Waals surface area contributed by atoms with Crippen LogP contribution in [0.5, 0.6) is 5.75 Å². The number of carboxylic acids is 1. The second-order valence-electron chi connectivity index (χ2n) is 3.35. The minimum Gasteiger partial charge on any atom is -0.482 e. The van der Waals surface area contributed by atoms with Gasteiger partial charge in [-0.05, 0) is 24.4 Å². The molecule has 1 aromatic carbocycles. The molecule has 1 heterocycles. The van der Waals surface area contributed by atoms with Gasteiger partial charge in [-0.15, -0.1) is 0 Å². The van der Waals surface area contributed by atoms with Gasteiger partial charge >= 0.3 is 5.97 Å². The van der Waals surface area contributed by atoms with Gasteiger partial charge in [0, 0.05) is 13.1 Å². The number of carbonyl (C=O) groups is 1. The number of aryl methyl sites for hydroxylation is 1. The molecule has 0 aliphatic heterocycles. The Morgan fingerprint density at radius 3 is 3.06 bits per heavy atom. The van der Waals surface area contributed by atoms with Crippen LogP contribution in [-0.4, -0.2) is 27.2 Å². The molecule has 16 heavy (non-hydrogen) atoms. The highest BCUT2D eigenvalue weighted by atomic mass is 32.1. The summed E-state index contributed by atoms with van der Waals surface area (Å²) in [6.45, 7) is -0.347. The molecule has 84 valence electrons. The summed E-state index contributed by atoms with van der Waals surface area (Å²) >= 11 is 5.08. The maximum Gasteiger partial charge on any atom is 0.341 e. The first kappa shape index (κ1) is 10.7. The van der Waals surface area contributed by atoms with E-state index in [2.05, 4.69) is 4.98 Å². The number of hydrogen-bond acceptors (Lipinski definition) is 3. The van der Waals surface area contributed by atoms with E-state index in [-0.39, 0.29) is 6.61 Å². The van der Waals surface area contributed by atoms with Crippen molar-refractivity contribution in [2.75, 3.05) is 6.61 Å². The Hall–Kier alpha value is -1.82. The van der Waals surface area contributed by atoms with Gasteiger partial charge in [-0.1, -0.05) is 0 Å². The topological polar surface area (TPSA) is 67.2 Å². The van der Waals surface area contributed by atoms with Crippen LogP contribution in [0.3, 0.4) is 0 Å². The van der Waals surface area contributed by atoms with Crippen LogP contribution in [0, 0.1) is 4.77 Å². The number of fused-ring (bicyclic) bond motifs is 1. The second-order valence-corrected chi connectivity index (χ2v) is 3.74. The predicted octanol–water partition coefficient (Wildman–Crippen LogP) is 1.70. The lowest BCUT2D eigenvalue weighted by Gasteiger charge is -2.03. The molecule has 5 nitrogen and oxygen atoms in total. The summed E-state index contributed by atoms with van der Waals surface area (Å²) in [6.07, 6.45) is 0. The second kappa shape index (κ2) is 3.97. The zero-order valence-corrected chi connectivity index (χ0v) is 9.37. The average Bonchev–Trinajstić information content (AvgIpc) is 2.52. The maximum absolute atomic E-state index is 10.4. The number of nitrogens with zero attached hydrogens (tertiary/aromatic N) is 1. The molecule has 2 N–H and O–H groups in total. The summed E-state index contributed by atoms with van der Waals surface area (Å²) in [6, 6.07) is 5.27. The van der Waals surface area contributed by atoms with Gasteiger partial charge in [0.1, 0.15) is 5.75 Å². The average molecular weight is 238 g/mol. The summed E-state index contributed by atoms with van der Waals surface area (Å²) in [7, 11) is 1.84. The van der Waals surface area contributed by atoms with Crippen LogP contribution in [-0.2, 0) is 11.8 Å².